The van der Waals surface area contributed by atoms with Crippen LogP contribution in [0.15, 0.2) is 34.0 Å². The van der Waals surface area contributed by atoms with Gasteiger partial charge in [0, 0.05) is 25.5 Å². The minimum absolute atomic E-state index is 0.0238. The van der Waals surface area contributed by atoms with E-state index in [1.807, 2.05) is 0 Å². The quantitative estimate of drug-likeness (QED) is 0.569. The molecule has 0 fully saturated rings. The molecule has 1 unspecified atom stereocenters. The molecule has 0 bridgehead atoms. The van der Waals surface area contributed by atoms with Gasteiger partial charge in [-0.25, -0.2) is 17.6 Å². The van der Waals surface area contributed by atoms with Crippen LogP contribution in [0, 0.1) is 23.3 Å². The van der Waals surface area contributed by atoms with Crippen LogP contribution in [0.25, 0.3) is 0 Å². The van der Waals surface area contributed by atoms with Crippen LogP contribution in [-0.2, 0) is 9.59 Å². The number of rotatable bonds is 6. The Kier molecular flexibility index (Phi) is 6.20. The molecule has 0 saturated carbocycles. The lowest BCUT2D eigenvalue weighted by atomic mass is 10.1. The SMILES string of the molecule is CN(C)C(CNC(=O)C1=NN(c2c(F)c(F)cc(F)c2F)C(=O)CC1)c1ccco1. The van der Waals surface area contributed by atoms with Crippen molar-refractivity contribution in [3.05, 3.63) is 53.5 Å². The predicted molar refractivity (Wildman–Crippen MR) is 98.6 cm³/mol. The van der Waals surface area contributed by atoms with Crippen molar-refractivity contribution in [2.24, 2.45) is 5.10 Å². The van der Waals surface area contributed by atoms with Gasteiger partial charge in [0.05, 0.1) is 12.3 Å². The lowest BCUT2D eigenvalue weighted by molar-refractivity contribution is -0.119. The van der Waals surface area contributed by atoms with Gasteiger partial charge in [-0.05, 0) is 26.2 Å². The van der Waals surface area contributed by atoms with E-state index in [-0.39, 0.29) is 42.2 Å². The summed E-state index contributed by atoms with van der Waals surface area (Å²) >= 11 is 0. The summed E-state index contributed by atoms with van der Waals surface area (Å²) in [5.41, 5.74) is -1.51. The maximum absolute atomic E-state index is 14.1. The maximum Gasteiger partial charge on any atom is 0.267 e. The number of carbonyl (C=O) groups excluding carboxylic acids is 2. The zero-order valence-electron chi connectivity index (χ0n) is 16.1. The summed E-state index contributed by atoms with van der Waals surface area (Å²) in [6.45, 7) is 0.115. The van der Waals surface area contributed by atoms with E-state index in [1.165, 1.54) is 6.26 Å². The number of likely N-dealkylation sites (N-methyl/N-ethyl adjacent to an activating group) is 1. The molecular formula is C19H18F4N4O3. The molecule has 2 heterocycles. The molecule has 2 aromatic rings. The fourth-order valence-electron chi connectivity index (χ4n) is 2.95. The van der Waals surface area contributed by atoms with Crippen LogP contribution in [0.1, 0.15) is 24.6 Å². The molecule has 0 radical (unpaired) electrons. The number of hydrogen-bond donors (Lipinski definition) is 1. The van der Waals surface area contributed by atoms with Gasteiger partial charge in [-0.3, -0.25) is 14.5 Å². The van der Waals surface area contributed by atoms with Crippen molar-refractivity contribution < 1.29 is 31.6 Å². The highest BCUT2D eigenvalue weighted by Crippen LogP contribution is 2.30. The monoisotopic (exact) mass is 426 g/mol. The summed E-state index contributed by atoms with van der Waals surface area (Å²) in [5, 5.41) is 6.46. The van der Waals surface area contributed by atoms with Gasteiger partial charge in [0.15, 0.2) is 23.3 Å². The summed E-state index contributed by atoms with van der Waals surface area (Å²) in [6, 6.07) is 3.15. The van der Waals surface area contributed by atoms with Crippen molar-refractivity contribution in [1.82, 2.24) is 10.2 Å². The van der Waals surface area contributed by atoms with Gasteiger partial charge in [0.2, 0.25) is 5.91 Å². The van der Waals surface area contributed by atoms with Crippen molar-refractivity contribution >= 4 is 23.2 Å². The van der Waals surface area contributed by atoms with Gasteiger partial charge >= 0.3 is 0 Å². The van der Waals surface area contributed by atoms with Crippen molar-refractivity contribution in [1.29, 1.82) is 0 Å². The Balaban J connectivity index is 1.83. The standard InChI is InChI=1S/C19H18F4N4O3/c1-26(2)13(14-4-3-7-30-14)9-24-19(29)12-5-6-15(28)27(25-12)18-16(22)10(20)8-11(21)17(18)23/h3-4,7-8,13H,5-6,9H2,1-2H3,(H,24,29). The molecule has 0 saturated heterocycles. The van der Waals surface area contributed by atoms with Crippen molar-refractivity contribution in [3.8, 4) is 0 Å². The molecule has 3 rings (SSSR count). The molecule has 0 spiro atoms. The van der Waals surface area contributed by atoms with Crippen LogP contribution in [0.4, 0.5) is 23.2 Å². The molecule has 11 heteroatoms. The molecule has 0 aliphatic carbocycles. The molecule has 30 heavy (non-hydrogen) atoms. The van der Waals surface area contributed by atoms with Crippen molar-refractivity contribution in [2.45, 2.75) is 18.9 Å². The van der Waals surface area contributed by atoms with Gasteiger partial charge < -0.3 is 9.73 Å². The highest BCUT2D eigenvalue weighted by molar-refractivity contribution is 6.40. The third-order valence-corrected chi connectivity index (χ3v) is 4.55. The van der Waals surface area contributed by atoms with Gasteiger partial charge in [0.1, 0.15) is 17.2 Å². The number of carbonyl (C=O) groups is 2. The van der Waals surface area contributed by atoms with Crippen LogP contribution in [0.2, 0.25) is 0 Å². The summed E-state index contributed by atoms with van der Waals surface area (Å²) in [7, 11) is 3.56. The number of anilines is 1. The molecule has 1 aliphatic heterocycles. The number of halogens is 4. The Morgan fingerprint density at radius 3 is 2.47 bits per heavy atom. The molecule has 1 aliphatic rings. The second-order valence-electron chi connectivity index (χ2n) is 6.77. The number of nitrogens with zero attached hydrogens (tertiary/aromatic N) is 3. The molecule has 2 amide bonds. The summed E-state index contributed by atoms with van der Waals surface area (Å²) in [4.78, 5) is 26.4. The molecule has 1 aromatic carbocycles. The third-order valence-electron chi connectivity index (χ3n) is 4.55. The van der Waals surface area contributed by atoms with Crippen LogP contribution in [-0.4, -0.2) is 43.1 Å². The summed E-state index contributed by atoms with van der Waals surface area (Å²) < 4.78 is 60.5. The lowest BCUT2D eigenvalue weighted by Gasteiger charge is -2.25. The molecule has 7 nitrogen and oxygen atoms in total. The van der Waals surface area contributed by atoms with E-state index >= 15 is 0 Å². The van der Waals surface area contributed by atoms with E-state index in [9.17, 15) is 27.2 Å². The van der Waals surface area contributed by atoms with Gasteiger partial charge in [0.25, 0.3) is 5.91 Å². The fourth-order valence-corrected chi connectivity index (χ4v) is 2.95. The zero-order chi connectivity index (χ0) is 22.0. The number of benzene rings is 1. The molecule has 160 valence electrons. The average Bonchev–Trinajstić information content (AvgIpc) is 3.22. The summed E-state index contributed by atoms with van der Waals surface area (Å²) in [5.74, 6) is -7.93. The van der Waals surface area contributed by atoms with Crippen molar-refractivity contribution in [2.75, 3.05) is 25.6 Å². The van der Waals surface area contributed by atoms with Crippen LogP contribution in [0.5, 0.6) is 0 Å². The Labute approximate surface area is 168 Å². The topological polar surface area (TPSA) is 78.2 Å². The first kappa shape index (κ1) is 21.5. The van der Waals surface area contributed by atoms with Crippen molar-refractivity contribution in [3.63, 3.8) is 0 Å². The number of hydrogen-bond acceptors (Lipinski definition) is 5. The molecule has 1 N–H and O–H groups in total. The second-order valence-corrected chi connectivity index (χ2v) is 6.77. The Morgan fingerprint density at radius 1 is 1.23 bits per heavy atom. The van der Waals surface area contributed by atoms with Gasteiger partial charge in [-0.2, -0.15) is 10.1 Å². The first-order chi connectivity index (χ1) is 14.2. The molecular weight excluding hydrogens is 408 g/mol. The number of nitrogens with one attached hydrogen (secondary N) is 1. The lowest BCUT2D eigenvalue weighted by Crippen LogP contribution is -2.42. The minimum atomic E-state index is -1.78. The first-order valence-corrected chi connectivity index (χ1v) is 8.92. The Hall–Kier alpha value is -3.21. The largest absolute Gasteiger partial charge is 0.468 e. The van der Waals surface area contributed by atoms with E-state index in [0.29, 0.717) is 5.76 Å². The number of furan rings is 1. The maximum atomic E-state index is 14.1. The predicted octanol–water partition coefficient (Wildman–Crippen LogP) is 2.74. The molecule has 1 atom stereocenters. The Morgan fingerprint density at radius 2 is 1.90 bits per heavy atom. The van der Waals surface area contributed by atoms with E-state index in [2.05, 4.69) is 10.4 Å². The van der Waals surface area contributed by atoms with Crippen LogP contribution < -0.4 is 10.3 Å². The first-order valence-electron chi connectivity index (χ1n) is 8.92. The normalized spacial score (nSPS) is 15.4. The number of amides is 2. The average molecular weight is 426 g/mol. The highest BCUT2D eigenvalue weighted by Gasteiger charge is 2.32. The fraction of sp³-hybridized carbons (Fsp3) is 0.316. The zero-order valence-corrected chi connectivity index (χ0v) is 16.1. The second kappa shape index (κ2) is 8.66. The van der Waals surface area contributed by atoms with Gasteiger partial charge in [-0.1, -0.05) is 0 Å². The van der Waals surface area contributed by atoms with E-state index < -0.39 is 40.8 Å². The van der Waals surface area contributed by atoms with Crippen LogP contribution in [0.3, 0.4) is 0 Å². The smallest absolute Gasteiger partial charge is 0.267 e. The van der Waals surface area contributed by atoms with Gasteiger partial charge in [-0.15, -0.1) is 0 Å². The highest BCUT2D eigenvalue weighted by atomic mass is 19.2. The molecule has 1 aromatic heterocycles. The van der Waals surface area contributed by atoms with E-state index in [4.69, 9.17) is 4.42 Å². The van der Waals surface area contributed by atoms with E-state index in [0.717, 1.165) is 0 Å². The Bertz CT molecular complexity index is 966. The summed E-state index contributed by atoms with van der Waals surface area (Å²) in [6.07, 6.45) is 1.07. The van der Waals surface area contributed by atoms with E-state index in [1.54, 1.807) is 31.1 Å². The third kappa shape index (κ3) is 4.20. The number of hydrazone groups is 1. The van der Waals surface area contributed by atoms with Crippen LogP contribution >= 0.6 is 0 Å². The minimum Gasteiger partial charge on any atom is -0.468 e.